The molecule has 1 fully saturated rings. The van der Waals surface area contributed by atoms with Crippen LogP contribution in [0.2, 0.25) is 0 Å². The van der Waals surface area contributed by atoms with Crippen LogP contribution in [0.25, 0.3) is 11.3 Å². The minimum absolute atomic E-state index is 0.0475. The first-order valence-electron chi connectivity index (χ1n) is 16.5. The number of aromatic carboxylic acids is 1. The zero-order valence-electron chi connectivity index (χ0n) is 28.1. The summed E-state index contributed by atoms with van der Waals surface area (Å²) in [7, 11) is 0. The predicted molar refractivity (Wildman–Crippen MR) is 194 cm³/mol. The quantitative estimate of drug-likeness (QED) is 0.106. The number of pyridine rings is 1. The number of nitrogens with zero attached hydrogens (tertiary/aromatic N) is 1. The van der Waals surface area contributed by atoms with Crippen molar-refractivity contribution in [1.29, 1.82) is 0 Å². The van der Waals surface area contributed by atoms with Gasteiger partial charge in [-0.15, -0.1) is 11.8 Å². The van der Waals surface area contributed by atoms with E-state index in [2.05, 4.69) is 83.1 Å². The van der Waals surface area contributed by atoms with Gasteiger partial charge in [-0.05, 0) is 74.2 Å². The van der Waals surface area contributed by atoms with Gasteiger partial charge in [0.05, 0.1) is 22.0 Å². The smallest absolute Gasteiger partial charge is 0.349 e. The van der Waals surface area contributed by atoms with Gasteiger partial charge in [0, 0.05) is 23.4 Å². The average molecular weight is 691 g/mol. The molecule has 1 aliphatic heterocycles. The molecule has 5 aromatic rings. The molecule has 1 saturated heterocycles. The lowest BCUT2D eigenvalue weighted by Crippen LogP contribution is -2.47. The first kappa shape index (κ1) is 34.9. The normalized spacial score (nSPS) is 16.8. The number of thioether (sulfide) groups is 1. The molecule has 1 aliphatic rings. The van der Waals surface area contributed by atoms with Gasteiger partial charge in [-0.3, -0.25) is 0 Å². The number of carbonyl (C=O) groups is 2. The standard InChI is InChI=1S/C41H39FN2O5S/c1-40(2,3)49-39(47)37(48-35-24-23-33(38(45)46)36(44-35)27-19-21-31(42)22-20-27)34-25-32(26-43-34)50-41(28-13-7-4-8-14-28,29-15-9-5-10-16-29)30-17-11-6-12-18-30/h4-24,32,34,37,43H,25-26H2,1-3H3,(H,45,46). The summed E-state index contributed by atoms with van der Waals surface area (Å²) < 4.78 is 25.3. The molecule has 0 spiro atoms. The fourth-order valence-electron chi connectivity index (χ4n) is 6.32. The number of halogens is 1. The van der Waals surface area contributed by atoms with Crippen LogP contribution in [0.3, 0.4) is 0 Å². The summed E-state index contributed by atoms with van der Waals surface area (Å²) in [6.07, 6.45) is -0.524. The van der Waals surface area contributed by atoms with Crippen molar-refractivity contribution in [2.24, 2.45) is 0 Å². The highest BCUT2D eigenvalue weighted by Crippen LogP contribution is 2.51. The van der Waals surface area contributed by atoms with E-state index in [1.165, 1.54) is 36.4 Å². The molecular formula is C41H39FN2O5S. The van der Waals surface area contributed by atoms with E-state index in [1.54, 1.807) is 20.8 Å². The Balaban J connectivity index is 1.34. The van der Waals surface area contributed by atoms with Gasteiger partial charge in [-0.25, -0.2) is 19.0 Å². The van der Waals surface area contributed by atoms with Gasteiger partial charge in [0.2, 0.25) is 12.0 Å². The number of hydrogen-bond donors (Lipinski definition) is 2. The summed E-state index contributed by atoms with van der Waals surface area (Å²) in [4.78, 5) is 30.4. The maximum absolute atomic E-state index is 13.8. The number of esters is 1. The second-order valence-electron chi connectivity index (χ2n) is 13.2. The predicted octanol–water partition coefficient (Wildman–Crippen LogP) is 8.13. The molecule has 7 nitrogen and oxygen atoms in total. The second-order valence-corrected chi connectivity index (χ2v) is 14.7. The molecule has 2 N–H and O–H groups in total. The number of carbonyl (C=O) groups excluding carboxylic acids is 1. The van der Waals surface area contributed by atoms with Crippen LogP contribution in [0, 0.1) is 5.82 Å². The lowest BCUT2D eigenvalue weighted by Gasteiger charge is -2.37. The van der Waals surface area contributed by atoms with Gasteiger partial charge in [-0.1, -0.05) is 91.0 Å². The third-order valence-corrected chi connectivity index (χ3v) is 10.2. The Bertz CT molecular complexity index is 1820. The van der Waals surface area contributed by atoms with Gasteiger partial charge in [0.25, 0.3) is 0 Å². The van der Waals surface area contributed by atoms with E-state index in [4.69, 9.17) is 9.47 Å². The molecule has 4 aromatic carbocycles. The zero-order valence-corrected chi connectivity index (χ0v) is 28.9. The molecule has 0 amide bonds. The van der Waals surface area contributed by atoms with Crippen molar-refractivity contribution < 1.29 is 28.6 Å². The zero-order chi connectivity index (χ0) is 35.3. The van der Waals surface area contributed by atoms with Crippen molar-refractivity contribution in [2.45, 2.75) is 54.9 Å². The highest BCUT2D eigenvalue weighted by Gasteiger charge is 2.45. The molecule has 9 heteroatoms. The Labute approximate surface area is 295 Å². The van der Waals surface area contributed by atoms with Crippen molar-refractivity contribution in [3.63, 3.8) is 0 Å². The van der Waals surface area contributed by atoms with E-state index < -0.39 is 40.2 Å². The molecule has 6 rings (SSSR count). The molecule has 0 aliphatic carbocycles. The fourth-order valence-corrected chi connectivity index (χ4v) is 8.12. The molecule has 3 unspecified atom stereocenters. The summed E-state index contributed by atoms with van der Waals surface area (Å²) in [6.45, 7) is 5.98. The number of carboxylic acids is 1. The maximum atomic E-state index is 13.8. The van der Waals surface area contributed by atoms with Crippen molar-refractivity contribution in [1.82, 2.24) is 10.3 Å². The van der Waals surface area contributed by atoms with E-state index in [9.17, 15) is 19.1 Å². The Morgan fingerprint density at radius 2 is 1.36 bits per heavy atom. The van der Waals surface area contributed by atoms with Crippen LogP contribution in [-0.2, 0) is 14.3 Å². The van der Waals surface area contributed by atoms with Crippen LogP contribution in [-0.4, -0.2) is 51.6 Å². The number of aromatic nitrogens is 1. The monoisotopic (exact) mass is 690 g/mol. The topological polar surface area (TPSA) is 97.8 Å². The maximum Gasteiger partial charge on any atom is 0.349 e. The van der Waals surface area contributed by atoms with Gasteiger partial charge >= 0.3 is 11.9 Å². The summed E-state index contributed by atoms with van der Waals surface area (Å²) in [6, 6.07) is 39.1. The molecule has 3 atom stereocenters. The van der Waals surface area contributed by atoms with Crippen molar-refractivity contribution in [3.8, 4) is 17.1 Å². The van der Waals surface area contributed by atoms with E-state index >= 15 is 0 Å². The number of rotatable bonds is 11. The second kappa shape index (κ2) is 14.9. The van der Waals surface area contributed by atoms with Gasteiger partial charge in [0.1, 0.15) is 11.4 Å². The molecule has 256 valence electrons. The third-order valence-electron chi connectivity index (χ3n) is 8.48. The number of nitrogens with one attached hydrogen (secondary N) is 1. The van der Waals surface area contributed by atoms with Gasteiger partial charge in [-0.2, -0.15) is 0 Å². The molecule has 50 heavy (non-hydrogen) atoms. The van der Waals surface area contributed by atoms with Crippen LogP contribution >= 0.6 is 11.8 Å². The van der Waals surface area contributed by atoms with E-state index in [-0.39, 0.29) is 22.4 Å². The summed E-state index contributed by atoms with van der Waals surface area (Å²) >= 11 is 1.84. The van der Waals surface area contributed by atoms with E-state index in [0.717, 1.165) is 16.7 Å². The van der Waals surface area contributed by atoms with Crippen LogP contribution < -0.4 is 10.1 Å². The Morgan fingerprint density at radius 3 is 1.86 bits per heavy atom. The van der Waals surface area contributed by atoms with E-state index in [1.807, 2.05) is 30.0 Å². The number of ether oxygens (including phenoxy) is 2. The molecule has 0 radical (unpaired) electrons. The number of benzene rings is 4. The van der Waals surface area contributed by atoms with Gasteiger partial charge in [0.15, 0.2) is 0 Å². The number of carboxylic acid groups (broad SMARTS) is 1. The van der Waals surface area contributed by atoms with Crippen LogP contribution in [0.15, 0.2) is 127 Å². The largest absolute Gasteiger partial charge is 0.478 e. The lowest BCUT2D eigenvalue weighted by atomic mass is 9.84. The minimum atomic E-state index is -1.19. The highest BCUT2D eigenvalue weighted by molar-refractivity contribution is 8.01. The van der Waals surface area contributed by atoms with Crippen molar-refractivity contribution in [3.05, 3.63) is 155 Å². The SMILES string of the molecule is CC(C)(C)OC(=O)C(Oc1ccc(C(=O)O)c(-c2ccc(F)cc2)n1)C1CC(SC(c2ccccc2)(c2ccccc2)c2ccccc2)CN1. The first-order chi connectivity index (χ1) is 24.0. The fraction of sp³-hybridized carbons (Fsp3) is 0.244. The third kappa shape index (κ3) is 7.74. The Kier molecular flexibility index (Phi) is 10.4. The number of hydrogen-bond acceptors (Lipinski definition) is 7. The van der Waals surface area contributed by atoms with Gasteiger partial charge < -0.3 is 19.9 Å². The van der Waals surface area contributed by atoms with Crippen molar-refractivity contribution in [2.75, 3.05) is 6.54 Å². The van der Waals surface area contributed by atoms with Crippen LogP contribution in [0.4, 0.5) is 4.39 Å². The average Bonchev–Trinajstić information content (AvgIpc) is 3.58. The highest BCUT2D eigenvalue weighted by atomic mass is 32.2. The summed E-state index contributed by atoms with van der Waals surface area (Å²) in [5.74, 6) is -2.16. The van der Waals surface area contributed by atoms with Crippen LogP contribution in [0.5, 0.6) is 5.88 Å². The van der Waals surface area contributed by atoms with Crippen molar-refractivity contribution >= 4 is 23.7 Å². The Morgan fingerprint density at radius 1 is 0.820 bits per heavy atom. The molecule has 2 heterocycles. The lowest BCUT2D eigenvalue weighted by molar-refractivity contribution is -0.164. The van der Waals surface area contributed by atoms with Crippen LogP contribution in [0.1, 0.15) is 54.2 Å². The summed E-state index contributed by atoms with van der Waals surface area (Å²) in [5.41, 5.74) is 3.06. The summed E-state index contributed by atoms with van der Waals surface area (Å²) in [5, 5.41) is 13.5. The molecule has 0 saturated carbocycles. The molecular weight excluding hydrogens is 652 g/mol. The molecule has 1 aromatic heterocycles. The first-order valence-corrected chi connectivity index (χ1v) is 17.4. The van der Waals surface area contributed by atoms with E-state index in [0.29, 0.717) is 18.5 Å². The Hall–Kier alpha value is -4.99. The minimum Gasteiger partial charge on any atom is -0.478 e. The molecule has 0 bridgehead atoms.